The number of nitrogens with two attached hydrogens (primary N) is 1. The van der Waals surface area contributed by atoms with Gasteiger partial charge in [0.15, 0.2) is 0 Å². The Morgan fingerprint density at radius 3 is 2.75 bits per heavy atom. The zero-order valence-corrected chi connectivity index (χ0v) is 12.7. The zero-order valence-electron chi connectivity index (χ0n) is 11.1. The van der Waals surface area contributed by atoms with Gasteiger partial charge >= 0.3 is 0 Å². The molecule has 2 aromatic rings. The van der Waals surface area contributed by atoms with Crippen molar-refractivity contribution in [2.75, 3.05) is 0 Å². The molecule has 0 radical (unpaired) electrons. The molecular weight excluding hydrogens is 323 g/mol. The molecule has 0 fully saturated rings. The summed E-state index contributed by atoms with van der Waals surface area (Å²) in [5.74, 6) is 0.670. The Balaban J connectivity index is 2.07. The van der Waals surface area contributed by atoms with Crippen LogP contribution in [0.4, 0.5) is 4.39 Å². The first-order valence-corrected chi connectivity index (χ1v) is 7.21. The highest BCUT2D eigenvalue weighted by Crippen LogP contribution is 2.29. The van der Waals surface area contributed by atoms with Gasteiger partial charge in [-0.05, 0) is 52.5 Å². The first-order valence-electron chi connectivity index (χ1n) is 6.42. The molecule has 5 heteroatoms. The maximum Gasteiger partial charge on any atom is 0.219 e. The molecule has 106 valence electrons. The average Bonchev–Trinajstić information content (AvgIpc) is 2.44. The van der Waals surface area contributed by atoms with Gasteiger partial charge in [0.1, 0.15) is 11.6 Å². The molecule has 1 aromatic carbocycles. The van der Waals surface area contributed by atoms with Gasteiger partial charge in [-0.2, -0.15) is 0 Å². The van der Waals surface area contributed by atoms with E-state index in [0.29, 0.717) is 16.1 Å². The minimum absolute atomic E-state index is 0.148. The van der Waals surface area contributed by atoms with Gasteiger partial charge in [0, 0.05) is 18.3 Å². The fourth-order valence-corrected chi connectivity index (χ4v) is 2.14. The third-order valence-electron chi connectivity index (χ3n) is 2.93. The molecule has 0 saturated heterocycles. The predicted octanol–water partition coefficient (Wildman–Crippen LogP) is 4.06. The second-order valence-corrected chi connectivity index (χ2v) is 5.41. The van der Waals surface area contributed by atoms with E-state index in [1.165, 1.54) is 12.1 Å². The third kappa shape index (κ3) is 4.02. The molecule has 0 spiro atoms. The highest BCUT2D eigenvalue weighted by Gasteiger charge is 2.06. The number of aromatic nitrogens is 1. The summed E-state index contributed by atoms with van der Waals surface area (Å²) in [5.41, 5.74) is 6.97. The van der Waals surface area contributed by atoms with E-state index in [-0.39, 0.29) is 11.9 Å². The molecule has 0 aliphatic rings. The van der Waals surface area contributed by atoms with Crippen molar-refractivity contribution in [2.24, 2.45) is 5.73 Å². The molecule has 0 aliphatic heterocycles. The molecule has 20 heavy (non-hydrogen) atoms. The second kappa shape index (κ2) is 6.81. The van der Waals surface area contributed by atoms with E-state index in [2.05, 4.69) is 27.8 Å². The van der Waals surface area contributed by atoms with Crippen LogP contribution in [0, 0.1) is 5.82 Å². The van der Waals surface area contributed by atoms with Crippen LogP contribution < -0.4 is 10.5 Å². The molecule has 0 aliphatic carbocycles. The monoisotopic (exact) mass is 338 g/mol. The van der Waals surface area contributed by atoms with Crippen LogP contribution in [0.25, 0.3) is 0 Å². The Morgan fingerprint density at radius 2 is 2.15 bits per heavy atom. The van der Waals surface area contributed by atoms with Crippen molar-refractivity contribution in [3.8, 4) is 11.6 Å². The van der Waals surface area contributed by atoms with Crippen molar-refractivity contribution in [3.63, 3.8) is 0 Å². The predicted molar refractivity (Wildman–Crippen MR) is 80.4 cm³/mol. The summed E-state index contributed by atoms with van der Waals surface area (Å²) >= 11 is 3.25. The number of hydrogen-bond donors (Lipinski definition) is 1. The zero-order chi connectivity index (χ0) is 14.5. The molecule has 2 N–H and O–H groups in total. The maximum absolute atomic E-state index is 13.0. The topological polar surface area (TPSA) is 48.1 Å². The summed E-state index contributed by atoms with van der Waals surface area (Å²) in [7, 11) is 0. The number of nitrogens with zero attached hydrogens (tertiary/aromatic N) is 1. The minimum Gasteiger partial charge on any atom is -0.438 e. The van der Waals surface area contributed by atoms with Crippen molar-refractivity contribution >= 4 is 15.9 Å². The number of halogens is 2. The normalized spacial score (nSPS) is 12.2. The first-order chi connectivity index (χ1) is 9.58. The minimum atomic E-state index is -0.318. The standard InChI is InChI=1S/C15H16BrFN2O/c1-2-12(18)7-10-3-6-15(19-9-10)20-14-5-4-11(17)8-13(14)16/h3-6,8-9,12H,2,7,18H2,1H3. The van der Waals surface area contributed by atoms with Gasteiger partial charge in [-0.15, -0.1) is 0 Å². The van der Waals surface area contributed by atoms with Gasteiger partial charge in [-0.3, -0.25) is 0 Å². The van der Waals surface area contributed by atoms with E-state index in [4.69, 9.17) is 10.5 Å². The van der Waals surface area contributed by atoms with Gasteiger partial charge in [0.2, 0.25) is 5.88 Å². The van der Waals surface area contributed by atoms with Crippen LogP contribution in [-0.2, 0) is 6.42 Å². The lowest BCUT2D eigenvalue weighted by Crippen LogP contribution is -2.21. The quantitative estimate of drug-likeness (QED) is 0.894. The number of benzene rings is 1. The number of hydrogen-bond acceptors (Lipinski definition) is 3. The molecule has 1 unspecified atom stereocenters. The summed E-state index contributed by atoms with van der Waals surface area (Å²) < 4.78 is 19.1. The van der Waals surface area contributed by atoms with Crippen LogP contribution in [0.15, 0.2) is 41.0 Å². The second-order valence-electron chi connectivity index (χ2n) is 4.55. The smallest absolute Gasteiger partial charge is 0.219 e. The highest BCUT2D eigenvalue weighted by molar-refractivity contribution is 9.10. The Labute approximate surface area is 126 Å². The van der Waals surface area contributed by atoms with Crippen LogP contribution in [0.1, 0.15) is 18.9 Å². The fourth-order valence-electron chi connectivity index (χ4n) is 1.71. The first kappa shape index (κ1) is 14.9. The maximum atomic E-state index is 13.0. The van der Waals surface area contributed by atoms with Crippen molar-refractivity contribution in [2.45, 2.75) is 25.8 Å². The Morgan fingerprint density at radius 1 is 1.35 bits per heavy atom. The van der Waals surface area contributed by atoms with Crippen LogP contribution >= 0.6 is 15.9 Å². The lowest BCUT2D eigenvalue weighted by molar-refractivity contribution is 0.457. The molecule has 2 rings (SSSR count). The van der Waals surface area contributed by atoms with Crippen LogP contribution in [0.3, 0.4) is 0 Å². The summed E-state index contributed by atoms with van der Waals surface area (Å²) in [5, 5.41) is 0. The Kier molecular flexibility index (Phi) is 5.09. The number of rotatable bonds is 5. The average molecular weight is 339 g/mol. The summed E-state index contributed by atoms with van der Waals surface area (Å²) in [6.07, 6.45) is 3.48. The number of pyridine rings is 1. The third-order valence-corrected chi connectivity index (χ3v) is 3.55. The van der Waals surface area contributed by atoms with E-state index < -0.39 is 0 Å². The molecule has 0 amide bonds. The number of ether oxygens (including phenoxy) is 1. The van der Waals surface area contributed by atoms with Crippen molar-refractivity contribution in [1.82, 2.24) is 4.98 Å². The molecule has 0 bridgehead atoms. The van der Waals surface area contributed by atoms with E-state index in [0.717, 1.165) is 18.4 Å². The van der Waals surface area contributed by atoms with E-state index in [9.17, 15) is 4.39 Å². The summed E-state index contributed by atoms with van der Waals surface area (Å²) in [6.45, 7) is 2.06. The molecule has 1 atom stereocenters. The van der Waals surface area contributed by atoms with Crippen LogP contribution in [-0.4, -0.2) is 11.0 Å². The largest absolute Gasteiger partial charge is 0.438 e. The van der Waals surface area contributed by atoms with E-state index in [1.54, 1.807) is 18.3 Å². The lowest BCUT2D eigenvalue weighted by atomic mass is 10.1. The van der Waals surface area contributed by atoms with Crippen molar-refractivity contribution < 1.29 is 9.13 Å². The van der Waals surface area contributed by atoms with E-state index in [1.807, 2.05) is 6.07 Å². The molecule has 1 heterocycles. The fraction of sp³-hybridized carbons (Fsp3) is 0.267. The van der Waals surface area contributed by atoms with Crippen molar-refractivity contribution in [3.05, 3.63) is 52.4 Å². The Bertz CT molecular complexity index is 575. The van der Waals surface area contributed by atoms with Gasteiger partial charge in [-0.1, -0.05) is 13.0 Å². The SMILES string of the molecule is CCC(N)Cc1ccc(Oc2ccc(F)cc2Br)nc1. The molecule has 1 aromatic heterocycles. The molecule has 0 saturated carbocycles. The van der Waals surface area contributed by atoms with Crippen LogP contribution in [0.5, 0.6) is 11.6 Å². The summed E-state index contributed by atoms with van der Waals surface area (Å²) in [4.78, 5) is 4.23. The summed E-state index contributed by atoms with van der Waals surface area (Å²) in [6, 6.07) is 8.12. The van der Waals surface area contributed by atoms with Crippen LogP contribution in [0.2, 0.25) is 0 Å². The molecular formula is C15H16BrFN2O. The van der Waals surface area contributed by atoms with Gasteiger partial charge in [0.05, 0.1) is 4.47 Å². The lowest BCUT2D eigenvalue weighted by Gasteiger charge is -2.10. The highest BCUT2D eigenvalue weighted by atomic mass is 79.9. The van der Waals surface area contributed by atoms with Gasteiger partial charge in [-0.25, -0.2) is 9.37 Å². The van der Waals surface area contributed by atoms with Gasteiger partial charge in [0.25, 0.3) is 0 Å². The molecule has 3 nitrogen and oxygen atoms in total. The van der Waals surface area contributed by atoms with Crippen molar-refractivity contribution in [1.29, 1.82) is 0 Å². The van der Waals surface area contributed by atoms with Gasteiger partial charge < -0.3 is 10.5 Å². The Hall–Kier alpha value is -1.46. The van der Waals surface area contributed by atoms with E-state index >= 15 is 0 Å².